The quantitative estimate of drug-likeness (QED) is 0.898. The first-order valence-corrected chi connectivity index (χ1v) is 8.55. The molecule has 2 N–H and O–H groups in total. The van der Waals surface area contributed by atoms with Crippen molar-refractivity contribution in [2.45, 2.75) is 32.6 Å². The summed E-state index contributed by atoms with van der Waals surface area (Å²) in [6.45, 7) is 7.27. The Morgan fingerprint density at radius 2 is 1.57 bits per heavy atom. The molecular formula is C17H19NO4S. The molecule has 2 aromatic carbocycles. The van der Waals surface area contributed by atoms with Crippen molar-refractivity contribution in [3.8, 4) is 0 Å². The van der Waals surface area contributed by atoms with Gasteiger partial charge in [-0.15, -0.1) is 0 Å². The Labute approximate surface area is 136 Å². The fourth-order valence-corrected chi connectivity index (χ4v) is 4.17. The van der Waals surface area contributed by atoms with E-state index in [1.807, 2.05) is 19.9 Å². The van der Waals surface area contributed by atoms with Gasteiger partial charge in [-0.25, -0.2) is 13.2 Å². The van der Waals surface area contributed by atoms with Gasteiger partial charge in [-0.2, -0.15) is 0 Å². The number of hydrogen-bond donors (Lipinski definition) is 2. The van der Waals surface area contributed by atoms with Crippen molar-refractivity contribution in [3.05, 3.63) is 58.1 Å². The molecule has 0 bridgehead atoms. The minimum atomic E-state index is -3.81. The molecule has 0 radical (unpaired) electrons. The second kappa shape index (κ2) is 6.04. The molecule has 0 saturated heterocycles. The SMILES string of the molecule is Cc1cc(C)c(C)c(S(=O)(=O)Nc2cccc(C(=O)O)c2)c1C. The lowest BCUT2D eigenvalue weighted by Gasteiger charge is -2.17. The van der Waals surface area contributed by atoms with Crippen LogP contribution in [-0.4, -0.2) is 19.5 Å². The van der Waals surface area contributed by atoms with Crippen molar-refractivity contribution in [1.29, 1.82) is 0 Å². The number of carbonyl (C=O) groups is 1. The Kier molecular flexibility index (Phi) is 4.47. The molecule has 0 aliphatic heterocycles. The van der Waals surface area contributed by atoms with E-state index < -0.39 is 16.0 Å². The van der Waals surface area contributed by atoms with Crippen molar-refractivity contribution in [2.24, 2.45) is 0 Å². The molecule has 5 nitrogen and oxygen atoms in total. The summed E-state index contributed by atoms with van der Waals surface area (Å²) in [5.41, 5.74) is 3.42. The third-order valence-electron chi connectivity index (χ3n) is 3.93. The lowest BCUT2D eigenvalue weighted by molar-refractivity contribution is 0.0697. The van der Waals surface area contributed by atoms with Gasteiger partial charge in [-0.05, 0) is 68.1 Å². The zero-order valence-electron chi connectivity index (χ0n) is 13.5. The highest BCUT2D eigenvalue weighted by atomic mass is 32.2. The first-order chi connectivity index (χ1) is 10.6. The third kappa shape index (κ3) is 3.37. The lowest BCUT2D eigenvalue weighted by Crippen LogP contribution is -2.17. The fourth-order valence-electron chi connectivity index (χ4n) is 2.51. The Balaban J connectivity index is 2.53. The fraction of sp³-hybridized carbons (Fsp3) is 0.235. The van der Waals surface area contributed by atoms with Gasteiger partial charge in [-0.3, -0.25) is 4.72 Å². The number of aryl methyl sites for hydroxylation is 2. The summed E-state index contributed by atoms with van der Waals surface area (Å²) in [7, 11) is -3.81. The van der Waals surface area contributed by atoms with Gasteiger partial charge in [-0.1, -0.05) is 12.1 Å². The number of nitrogens with one attached hydrogen (secondary N) is 1. The second-order valence-electron chi connectivity index (χ2n) is 5.58. The summed E-state index contributed by atoms with van der Waals surface area (Å²) in [6.07, 6.45) is 0. The van der Waals surface area contributed by atoms with E-state index in [1.165, 1.54) is 24.3 Å². The van der Waals surface area contributed by atoms with Crippen LogP contribution in [0.25, 0.3) is 0 Å². The minimum Gasteiger partial charge on any atom is -0.478 e. The summed E-state index contributed by atoms with van der Waals surface area (Å²) in [5, 5.41) is 9.01. The number of sulfonamides is 1. The van der Waals surface area contributed by atoms with Gasteiger partial charge < -0.3 is 5.11 Å². The van der Waals surface area contributed by atoms with E-state index in [1.54, 1.807) is 13.8 Å². The summed E-state index contributed by atoms with van der Waals surface area (Å²) in [6, 6.07) is 7.69. The zero-order chi connectivity index (χ0) is 17.4. The third-order valence-corrected chi connectivity index (χ3v) is 5.58. The van der Waals surface area contributed by atoms with Crippen molar-refractivity contribution < 1.29 is 18.3 Å². The van der Waals surface area contributed by atoms with Gasteiger partial charge in [0.2, 0.25) is 0 Å². The van der Waals surface area contributed by atoms with E-state index in [0.29, 0.717) is 11.1 Å². The molecule has 0 aliphatic rings. The molecular weight excluding hydrogens is 314 g/mol. The highest BCUT2D eigenvalue weighted by molar-refractivity contribution is 7.92. The molecule has 0 atom stereocenters. The highest BCUT2D eigenvalue weighted by Crippen LogP contribution is 2.28. The Hall–Kier alpha value is -2.34. The van der Waals surface area contributed by atoms with Crippen molar-refractivity contribution >= 4 is 21.7 Å². The molecule has 23 heavy (non-hydrogen) atoms. The van der Waals surface area contributed by atoms with Crippen LogP contribution in [0.1, 0.15) is 32.6 Å². The number of carboxylic acids is 1. The maximum absolute atomic E-state index is 12.8. The number of hydrogen-bond acceptors (Lipinski definition) is 3. The molecule has 0 amide bonds. The van der Waals surface area contributed by atoms with Gasteiger partial charge in [0.25, 0.3) is 10.0 Å². The molecule has 2 aromatic rings. The van der Waals surface area contributed by atoms with Gasteiger partial charge >= 0.3 is 5.97 Å². The minimum absolute atomic E-state index is 0.0269. The highest BCUT2D eigenvalue weighted by Gasteiger charge is 2.22. The molecule has 0 aromatic heterocycles. The summed E-state index contributed by atoms with van der Waals surface area (Å²) >= 11 is 0. The van der Waals surface area contributed by atoms with Crippen LogP contribution >= 0.6 is 0 Å². The van der Waals surface area contributed by atoms with E-state index in [0.717, 1.165) is 11.1 Å². The van der Waals surface area contributed by atoms with E-state index in [4.69, 9.17) is 5.11 Å². The first-order valence-electron chi connectivity index (χ1n) is 7.07. The summed E-state index contributed by atoms with van der Waals surface area (Å²) in [5.74, 6) is -1.11. The summed E-state index contributed by atoms with van der Waals surface area (Å²) in [4.78, 5) is 11.3. The van der Waals surface area contributed by atoms with E-state index in [2.05, 4.69) is 4.72 Å². The standard InChI is InChI=1S/C17H19NO4S/c1-10-8-11(2)13(4)16(12(10)3)23(21,22)18-15-7-5-6-14(9-15)17(19)20/h5-9,18H,1-4H3,(H,19,20). The molecule has 0 unspecified atom stereocenters. The number of rotatable bonds is 4. The van der Waals surface area contributed by atoms with E-state index in [9.17, 15) is 13.2 Å². The normalized spacial score (nSPS) is 11.3. The number of anilines is 1. The largest absolute Gasteiger partial charge is 0.478 e. The second-order valence-corrected chi connectivity index (χ2v) is 7.20. The summed E-state index contributed by atoms with van der Waals surface area (Å²) < 4.78 is 28.0. The van der Waals surface area contributed by atoms with Crippen LogP contribution in [0.4, 0.5) is 5.69 Å². The topological polar surface area (TPSA) is 83.5 Å². The smallest absolute Gasteiger partial charge is 0.335 e. The first kappa shape index (κ1) is 17.0. The van der Waals surface area contributed by atoms with Crippen LogP contribution < -0.4 is 4.72 Å². The van der Waals surface area contributed by atoms with Crippen LogP contribution in [0.3, 0.4) is 0 Å². The van der Waals surface area contributed by atoms with E-state index in [-0.39, 0.29) is 16.1 Å². The van der Waals surface area contributed by atoms with Gasteiger partial charge in [0, 0.05) is 5.69 Å². The Morgan fingerprint density at radius 3 is 2.09 bits per heavy atom. The Bertz CT molecular complexity index is 859. The number of benzene rings is 2. The average molecular weight is 333 g/mol. The molecule has 0 heterocycles. The molecule has 0 saturated carbocycles. The molecule has 0 fully saturated rings. The maximum Gasteiger partial charge on any atom is 0.335 e. The Morgan fingerprint density at radius 1 is 1.00 bits per heavy atom. The lowest BCUT2D eigenvalue weighted by atomic mass is 10.0. The average Bonchev–Trinajstić information content (AvgIpc) is 2.45. The zero-order valence-corrected chi connectivity index (χ0v) is 14.3. The molecule has 0 aliphatic carbocycles. The van der Waals surface area contributed by atoms with Crippen LogP contribution in [-0.2, 0) is 10.0 Å². The number of carboxylic acid groups (broad SMARTS) is 1. The van der Waals surface area contributed by atoms with Crippen LogP contribution in [0.2, 0.25) is 0 Å². The predicted molar refractivity (Wildman–Crippen MR) is 89.6 cm³/mol. The van der Waals surface area contributed by atoms with Crippen LogP contribution in [0.5, 0.6) is 0 Å². The monoisotopic (exact) mass is 333 g/mol. The molecule has 122 valence electrons. The van der Waals surface area contributed by atoms with Crippen molar-refractivity contribution in [3.63, 3.8) is 0 Å². The van der Waals surface area contributed by atoms with Crippen LogP contribution in [0.15, 0.2) is 35.2 Å². The predicted octanol–water partition coefficient (Wildman–Crippen LogP) is 3.42. The molecule has 6 heteroatoms. The van der Waals surface area contributed by atoms with E-state index >= 15 is 0 Å². The molecule has 0 spiro atoms. The molecule has 2 rings (SSSR count). The van der Waals surface area contributed by atoms with Crippen molar-refractivity contribution in [2.75, 3.05) is 4.72 Å². The van der Waals surface area contributed by atoms with Gasteiger partial charge in [0.05, 0.1) is 10.5 Å². The van der Waals surface area contributed by atoms with Crippen molar-refractivity contribution in [1.82, 2.24) is 0 Å². The maximum atomic E-state index is 12.8. The van der Waals surface area contributed by atoms with Gasteiger partial charge in [0.15, 0.2) is 0 Å². The number of aromatic carboxylic acids is 1. The van der Waals surface area contributed by atoms with Gasteiger partial charge in [0.1, 0.15) is 0 Å². The van der Waals surface area contributed by atoms with Crippen LogP contribution in [0, 0.1) is 27.7 Å².